The van der Waals surface area contributed by atoms with E-state index in [0.717, 1.165) is 29.6 Å². The quantitative estimate of drug-likeness (QED) is 0.719. The van der Waals surface area contributed by atoms with Gasteiger partial charge in [0, 0.05) is 32.1 Å². The summed E-state index contributed by atoms with van der Waals surface area (Å²) in [4.78, 5) is 21.6. The molecule has 0 aromatic carbocycles. The molecule has 0 saturated heterocycles. The number of hydrogen-bond acceptors (Lipinski definition) is 6. The molecule has 1 N–H and O–H groups in total. The maximum atomic E-state index is 8.36. The van der Waals surface area contributed by atoms with E-state index in [-0.39, 0.29) is 12.5 Å². The molecule has 0 aliphatic heterocycles. The molecule has 0 radical (unpaired) electrons. The van der Waals surface area contributed by atoms with Crippen molar-refractivity contribution in [3.8, 4) is 11.5 Å². The van der Waals surface area contributed by atoms with Crippen LogP contribution in [-0.4, -0.2) is 45.9 Å². The first kappa shape index (κ1) is 17.3. The number of nitrogens with zero attached hydrogens (tertiary/aromatic N) is 7. The molecule has 9 nitrogen and oxygen atoms in total. The van der Waals surface area contributed by atoms with Crippen molar-refractivity contribution < 1.29 is 9.90 Å². The zero-order valence-corrected chi connectivity index (χ0v) is 13.7. The number of rotatable bonds is 4. The predicted molar refractivity (Wildman–Crippen MR) is 86.1 cm³/mol. The Bertz CT molecular complexity index is 796. The third kappa shape index (κ3) is 3.62. The van der Waals surface area contributed by atoms with Crippen molar-refractivity contribution in [3.05, 3.63) is 42.6 Å². The molecular formula is C15H19N7O2. The highest BCUT2D eigenvalue weighted by Crippen LogP contribution is 2.22. The maximum Gasteiger partial charge on any atom is 0.290 e. The summed E-state index contributed by atoms with van der Waals surface area (Å²) in [6.07, 6.45) is 7.97. The van der Waals surface area contributed by atoms with Gasteiger partial charge in [-0.3, -0.25) is 4.79 Å². The van der Waals surface area contributed by atoms with Crippen molar-refractivity contribution in [2.45, 2.75) is 26.3 Å². The monoisotopic (exact) mass is 329 g/mol. The largest absolute Gasteiger partial charge is 0.483 e. The molecule has 1 unspecified atom stereocenters. The highest BCUT2D eigenvalue weighted by molar-refractivity contribution is 5.49. The van der Waals surface area contributed by atoms with E-state index in [4.69, 9.17) is 9.90 Å². The molecule has 0 bridgehead atoms. The van der Waals surface area contributed by atoms with Crippen LogP contribution in [-0.2, 0) is 18.3 Å². The smallest absolute Gasteiger partial charge is 0.290 e. The number of hydrogen-bond donors (Lipinski definition) is 1. The topological polar surface area (TPSA) is 112 Å². The van der Waals surface area contributed by atoms with Crippen molar-refractivity contribution in [2.24, 2.45) is 7.05 Å². The molecule has 126 valence electrons. The standard InChI is InChI=1S/C14H17N7.CH2O2/c1-4-12-15-6-5-11(18-12)14-16-7-8-21(14)10(2)13-19-17-9-20(13)3;2-1-3/h5-10H,4H2,1-3H3;1H,(H,2,3). The highest BCUT2D eigenvalue weighted by atomic mass is 16.3. The fourth-order valence-electron chi connectivity index (χ4n) is 2.31. The zero-order valence-electron chi connectivity index (χ0n) is 13.7. The number of carboxylic acid groups (broad SMARTS) is 1. The summed E-state index contributed by atoms with van der Waals surface area (Å²) in [5.74, 6) is 2.50. The van der Waals surface area contributed by atoms with Gasteiger partial charge in [-0.05, 0) is 13.0 Å². The van der Waals surface area contributed by atoms with Crippen molar-refractivity contribution in [3.63, 3.8) is 0 Å². The Labute approximate surface area is 139 Å². The summed E-state index contributed by atoms with van der Waals surface area (Å²) in [7, 11) is 1.93. The Kier molecular flexibility index (Phi) is 5.72. The Morgan fingerprint density at radius 2 is 2.08 bits per heavy atom. The van der Waals surface area contributed by atoms with E-state index >= 15 is 0 Å². The summed E-state index contributed by atoms with van der Waals surface area (Å²) in [5.41, 5.74) is 0.820. The molecule has 0 aliphatic carbocycles. The van der Waals surface area contributed by atoms with Gasteiger partial charge >= 0.3 is 0 Å². The second-order valence-electron chi connectivity index (χ2n) is 4.95. The molecular weight excluding hydrogens is 310 g/mol. The molecule has 9 heteroatoms. The summed E-state index contributed by atoms with van der Waals surface area (Å²) in [6.45, 7) is 3.85. The Balaban J connectivity index is 0.000000647. The van der Waals surface area contributed by atoms with Crippen LogP contribution in [0, 0.1) is 0 Å². The highest BCUT2D eigenvalue weighted by Gasteiger charge is 2.18. The minimum absolute atomic E-state index is 0.0232. The average molecular weight is 329 g/mol. The summed E-state index contributed by atoms with van der Waals surface area (Å²) >= 11 is 0. The first-order valence-electron chi connectivity index (χ1n) is 7.39. The molecule has 1 atom stereocenters. The first-order chi connectivity index (χ1) is 11.6. The molecule has 0 fully saturated rings. The van der Waals surface area contributed by atoms with Gasteiger partial charge in [0.25, 0.3) is 6.47 Å². The zero-order chi connectivity index (χ0) is 17.5. The summed E-state index contributed by atoms with van der Waals surface area (Å²) in [5, 5.41) is 15.0. The second kappa shape index (κ2) is 7.95. The molecule has 3 aromatic heterocycles. The Hall–Kier alpha value is -3.10. The van der Waals surface area contributed by atoms with E-state index in [9.17, 15) is 0 Å². The van der Waals surface area contributed by atoms with Gasteiger partial charge < -0.3 is 14.2 Å². The molecule has 3 rings (SSSR count). The molecule has 3 heterocycles. The van der Waals surface area contributed by atoms with Gasteiger partial charge in [-0.2, -0.15) is 0 Å². The van der Waals surface area contributed by atoms with Crippen molar-refractivity contribution >= 4 is 6.47 Å². The number of aryl methyl sites for hydroxylation is 2. The fourth-order valence-corrected chi connectivity index (χ4v) is 2.31. The van der Waals surface area contributed by atoms with Gasteiger partial charge in [0.1, 0.15) is 17.8 Å². The van der Waals surface area contributed by atoms with E-state index in [2.05, 4.69) is 32.1 Å². The third-order valence-electron chi connectivity index (χ3n) is 3.46. The lowest BCUT2D eigenvalue weighted by atomic mass is 10.2. The molecule has 0 saturated carbocycles. The summed E-state index contributed by atoms with van der Waals surface area (Å²) < 4.78 is 3.96. The average Bonchev–Trinajstić information content (AvgIpc) is 3.24. The molecule has 0 aliphatic rings. The lowest BCUT2D eigenvalue weighted by molar-refractivity contribution is -0.122. The molecule has 3 aromatic rings. The predicted octanol–water partition coefficient (Wildman–Crippen LogP) is 1.34. The molecule has 0 amide bonds. The Morgan fingerprint density at radius 1 is 1.33 bits per heavy atom. The van der Waals surface area contributed by atoms with E-state index < -0.39 is 0 Å². The van der Waals surface area contributed by atoms with Crippen LogP contribution in [0.5, 0.6) is 0 Å². The van der Waals surface area contributed by atoms with Gasteiger partial charge in [0.2, 0.25) is 0 Å². The van der Waals surface area contributed by atoms with Crippen LogP contribution in [0.15, 0.2) is 31.0 Å². The maximum absolute atomic E-state index is 8.36. The SMILES string of the molecule is CCc1nccc(-c2nccn2C(C)c2nncn2C)n1.O=CO. The van der Waals surface area contributed by atoms with Crippen LogP contribution in [0.3, 0.4) is 0 Å². The van der Waals surface area contributed by atoms with Crippen LogP contribution in [0.25, 0.3) is 11.5 Å². The lowest BCUT2D eigenvalue weighted by Crippen LogP contribution is -2.13. The van der Waals surface area contributed by atoms with Gasteiger partial charge in [0.05, 0.1) is 6.04 Å². The Morgan fingerprint density at radius 3 is 2.71 bits per heavy atom. The molecule has 0 spiro atoms. The van der Waals surface area contributed by atoms with Crippen LogP contribution >= 0.6 is 0 Å². The van der Waals surface area contributed by atoms with Gasteiger partial charge in [-0.15, -0.1) is 10.2 Å². The van der Waals surface area contributed by atoms with E-state index in [0.29, 0.717) is 0 Å². The van der Waals surface area contributed by atoms with Crippen molar-refractivity contribution in [1.82, 2.24) is 34.3 Å². The molecule has 24 heavy (non-hydrogen) atoms. The number of aromatic nitrogens is 7. The van der Waals surface area contributed by atoms with Gasteiger partial charge in [-0.25, -0.2) is 15.0 Å². The van der Waals surface area contributed by atoms with Crippen molar-refractivity contribution in [1.29, 1.82) is 0 Å². The minimum Gasteiger partial charge on any atom is -0.483 e. The normalized spacial score (nSPS) is 11.5. The van der Waals surface area contributed by atoms with E-state index in [1.165, 1.54) is 0 Å². The van der Waals surface area contributed by atoms with Crippen LogP contribution in [0.1, 0.15) is 31.5 Å². The van der Waals surface area contributed by atoms with E-state index in [1.807, 2.05) is 35.4 Å². The van der Waals surface area contributed by atoms with Crippen molar-refractivity contribution in [2.75, 3.05) is 0 Å². The summed E-state index contributed by atoms with van der Waals surface area (Å²) in [6, 6.07) is 1.90. The number of carbonyl (C=O) groups is 1. The minimum atomic E-state index is -0.250. The second-order valence-corrected chi connectivity index (χ2v) is 4.95. The third-order valence-corrected chi connectivity index (χ3v) is 3.46. The van der Waals surface area contributed by atoms with Crippen LogP contribution in [0.4, 0.5) is 0 Å². The fraction of sp³-hybridized carbons (Fsp3) is 0.333. The van der Waals surface area contributed by atoms with E-state index in [1.54, 1.807) is 18.7 Å². The van der Waals surface area contributed by atoms with Crippen LogP contribution < -0.4 is 0 Å². The van der Waals surface area contributed by atoms with Crippen LogP contribution in [0.2, 0.25) is 0 Å². The first-order valence-corrected chi connectivity index (χ1v) is 7.39. The number of imidazole rings is 1. The van der Waals surface area contributed by atoms with Gasteiger partial charge in [0.15, 0.2) is 11.6 Å². The lowest BCUT2D eigenvalue weighted by Gasteiger charge is -2.15. The van der Waals surface area contributed by atoms with Gasteiger partial charge in [-0.1, -0.05) is 6.92 Å².